The summed E-state index contributed by atoms with van der Waals surface area (Å²) in [6, 6.07) is 11.2. The van der Waals surface area contributed by atoms with Gasteiger partial charge in [-0.3, -0.25) is 19.4 Å². The third-order valence-corrected chi connectivity index (χ3v) is 4.55. The first-order valence-electron chi connectivity index (χ1n) is 8.60. The van der Waals surface area contributed by atoms with E-state index in [-0.39, 0.29) is 17.1 Å². The third-order valence-electron chi connectivity index (χ3n) is 4.55. The molecule has 0 bridgehead atoms. The lowest BCUT2D eigenvalue weighted by molar-refractivity contribution is 0.0601. The number of aromatic amines is 1. The van der Waals surface area contributed by atoms with E-state index in [0.29, 0.717) is 28.0 Å². The summed E-state index contributed by atoms with van der Waals surface area (Å²) in [6.07, 6.45) is 1.55. The molecule has 0 aliphatic carbocycles. The molecule has 0 atom stereocenters. The van der Waals surface area contributed by atoms with Crippen LogP contribution in [0.1, 0.15) is 21.7 Å². The van der Waals surface area contributed by atoms with Crippen molar-refractivity contribution in [2.45, 2.75) is 13.8 Å². The number of nitrogens with one attached hydrogen (secondary N) is 1. The van der Waals surface area contributed by atoms with Gasteiger partial charge in [0.1, 0.15) is 0 Å². The fourth-order valence-electron chi connectivity index (χ4n) is 3.26. The van der Waals surface area contributed by atoms with Crippen molar-refractivity contribution in [1.82, 2.24) is 24.7 Å². The molecule has 0 aliphatic rings. The smallest absolute Gasteiger partial charge is 0.340 e. The molecule has 8 nitrogen and oxygen atoms in total. The second-order valence-electron chi connectivity index (χ2n) is 6.28. The number of aryl methyl sites for hydroxylation is 2. The number of H-pyrrole nitrogens is 1. The number of benzene rings is 1. The molecule has 1 N–H and O–H groups in total. The van der Waals surface area contributed by atoms with E-state index in [4.69, 9.17) is 4.74 Å². The van der Waals surface area contributed by atoms with Crippen molar-refractivity contribution < 1.29 is 9.53 Å². The first kappa shape index (κ1) is 17.6. The second kappa shape index (κ2) is 6.73. The molecule has 0 radical (unpaired) electrons. The lowest BCUT2D eigenvalue weighted by Gasteiger charge is -2.11. The highest BCUT2D eigenvalue weighted by molar-refractivity contribution is 6.05. The van der Waals surface area contributed by atoms with Gasteiger partial charge in [0, 0.05) is 17.1 Å². The molecule has 0 aliphatic heterocycles. The van der Waals surface area contributed by atoms with Gasteiger partial charge in [0.2, 0.25) is 0 Å². The average Bonchev–Trinajstić information content (AvgIpc) is 3.18. The molecule has 0 amide bonds. The fourth-order valence-corrected chi connectivity index (χ4v) is 3.26. The summed E-state index contributed by atoms with van der Waals surface area (Å²) < 4.78 is 6.18. The molecule has 8 heteroatoms. The summed E-state index contributed by atoms with van der Waals surface area (Å²) >= 11 is 0. The molecule has 1 aromatic carbocycles. The number of aromatic nitrogens is 5. The van der Waals surface area contributed by atoms with Gasteiger partial charge < -0.3 is 4.74 Å². The van der Waals surface area contributed by atoms with E-state index in [1.54, 1.807) is 26.1 Å². The Labute approximate surface area is 159 Å². The van der Waals surface area contributed by atoms with Gasteiger partial charge in [-0.25, -0.2) is 4.79 Å². The first-order valence-corrected chi connectivity index (χ1v) is 8.60. The maximum atomic E-state index is 13.1. The van der Waals surface area contributed by atoms with Crippen molar-refractivity contribution in [2.24, 2.45) is 0 Å². The highest BCUT2D eigenvalue weighted by Gasteiger charge is 2.20. The lowest BCUT2D eigenvalue weighted by Crippen LogP contribution is -2.21. The number of nitrogens with zero attached hydrogens (tertiary/aromatic N) is 4. The van der Waals surface area contributed by atoms with Crippen LogP contribution in [0.25, 0.3) is 28.1 Å². The van der Waals surface area contributed by atoms with Crippen molar-refractivity contribution in [3.05, 3.63) is 69.9 Å². The van der Waals surface area contributed by atoms with E-state index < -0.39 is 5.97 Å². The number of hydrogen-bond acceptors (Lipinski definition) is 6. The molecule has 140 valence electrons. The molecule has 0 unspecified atom stereocenters. The Morgan fingerprint density at radius 3 is 2.54 bits per heavy atom. The van der Waals surface area contributed by atoms with Crippen LogP contribution in [0.15, 0.2) is 47.4 Å². The lowest BCUT2D eigenvalue weighted by atomic mass is 10.0. The zero-order valence-corrected chi connectivity index (χ0v) is 15.6. The number of pyridine rings is 2. The molecule has 0 saturated carbocycles. The zero-order chi connectivity index (χ0) is 19.8. The van der Waals surface area contributed by atoms with Crippen molar-refractivity contribution in [3.63, 3.8) is 0 Å². The molecule has 4 rings (SSSR count). The Balaban J connectivity index is 1.91. The zero-order valence-electron chi connectivity index (χ0n) is 15.6. The van der Waals surface area contributed by atoms with Crippen LogP contribution < -0.4 is 5.56 Å². The van der Waals surface area contributed by atoms with Gasteiger partial charge in [-0.2, -0.15) is 4.98 Å². The first-order chi connectivity index (χ1) is 13.5. The monoisotopic (exact) mass is 375 g/mol. The van der Waals surface area contributed by atoms with Crippen LogP contribution in [0.2, 0.25) is 0 Å². The maximum Gasteiger partial charge on any atom is 0.340 e. The molecule has 4 aromatic rings. The van der Waals surface area contributed by atoms with E-state index >= 15 is 0 Å². The van der Waals surface area contributed by atoms with Crippen LogP contribution in [0.5, 0.6) is 0 Å². The summed E-state index contributed by atoms with van der Waals surface area (Å²) in [5.74, 6) is 0.235. The number of ether oxygens (including phenoxy) is 1. The quantitative estimate of drug-likeness (QED) is 0.552. The Morgan fingerprint density at radius 1 is 1.07 bits per heavy atom. The van der Waals surface area contributed by atoms with E-state index in [9.17, 15) is 9.59 Å². The summed E-state index contributed by atoms with van der Waals surface area (Å²) in [5, 5.41) is 7.84. The molecule has 3 aromatic heterocycles. The maximum absolute atomic E-state index is 13.1. The Morgan fingerprint density at radius 2 is 1.82 bits per heavy atom. The molecular weight excluding hydrogens is 358 g/mol. The van der Waals surface area contributed by atoms with Gasteiger partial charge >= 0.3 is 5.97 Å². The predicted molar refractivity (Wildman–Crippen MR) is 104 cm³/mol. The Bertz CT molecular complexity index is 1260. The van der Waals surface area contributed by atoms with Crippen LogP contribution in [0.3, 0.4) is 0 Å². The largest absolute Gasteiger partial charge is 0.465 e. The second-order valence-corrected chi connectivity index (χ2v) is 6.28. The van der Waals surface area contributed by atoms with Crippen molar-refractivity contribution >= 4 is 16.7 Å². The topological polar surface area (TPSA) is 103 Å². The average molecular weight is 375 g/mol. The molecule has 3 heterocycles. The number of rotatable bonds is 3. The molecule has 0 saturated heterocycles. The van der Waals surface area contributed by atoms with E-state index in [1.807, 2.05) is 30.3 Å². The normalized spacial score (nSPS) is 11.0. The van der Waals surface area contributed by atoms with Gasteiger partial charge in [0.05, 0.1) is 29.4 Å². The van der Waals surface area contributed by atoms with Crippen LogP contribution in [-0.4, -0.2) is 37.8 Å². The number of hydrogen-bond donors (Lipinski definition) is 1. The summed E-state index contributed by atoms with van der Waals surface area (Å²) in [4.78, 5) is 34.1. The number of methoxy groups -OCH3 is 1. The minimum Gasteiger partial charge on any atom is -0.465 e. The van der Waals surface area contributed by atoms with Crippen molar-refractivity contribution in [1.29, 1.82) is 0 Å². The number of fused-ring (bicyclic) bond motifs is 1. The van der Waals surface area contributed by atoms with Gasteiger partial charge in [0.25, 0.3) is 11.5 Å². The summed E-state index contributed by atoms with van der Waals surface area (Å²) in [6.45, 7) is 3.45. The third kappa shape index (κ3) is 2.75. The number of esters is 1. The van der Waals surface area contributed by atoms with Crippen LogP contribution in [-0.2, 0) is 4.74 Å². The highest BCUT2D eigenvalue weighted by atomic mass is 16.5. The number of carbonyl (C=O) groups excluding carboxylic acids is 1. The molecular formula is C20H17N5O3. The van der Waals surface area contributed by atoms with E-state index in [1.165, 1.54) is 11.7 Å². The summed E-state index contributed by atoms with van der Waals surface area (Å²) in [5.41, 5.74) is 1.83. The Kier molecular flexibility index (Phi) is 4.23. The van der Waals surface area contributed by atoms with Gasteiger partial charge in [-0.05, 0) is 19.9 Å². The minimum atomic E-state index is -0.531. The van der Waals surface area contributed by atoms with Gasteiger partial charge in [0.15, 0.2) is 5.82 Å². The van der Waals surface area contributed by atoms with Crippen LogP contribution >= 0.6 is 0 Å². The summed E-state index contributed by atoms with van der Waals surface area (Å²) in [7, 11) is 1.30. The highest BCUT2D eigenvalue weighted by Crippen LogP contribution is 2.22. The van der Waals surface area contributed by atoms with E-state index in [2.05, 4.69) is 20.2 Å². The van der Waals surface area contributed by atoms with E-state index in [0.717, 1.165) is 5.56 Å². The molecule has 0 fully saturated rings. The molecule has 28 heavy (non-hydrogen) atoms. The van der Waals surface area contributed by atoms with Gasteiger partial charge in [-0.15, -0.1) is 5.10 Å². The van der Waals surface area contributed by atoms with Crippen molar-refractivity contribution in [2.75, 3.05) is 7.11 Å². The van der Waals surface area contributed by atoms with Crippen LogP contribution in [0, 0.1) is 13.8 Å². The van der Waals surface area contributed by atoms with Gasteiger partial charge in [-0.1, -0.05) is 30.3 Å². The minimum absolute atomic E-state index is 0.213. The standard InChI is InChI=1S/C20H17N5O3/c1-11-15-14(16(12(2)21-11)19(27)28-3)9-10-25(18(15)26)20-22-17(23-24-20)13-7-5-4-6-8-13/h4-10H,1-3H3,(H,22,23,24). The SMILES string of the molecule is COC(=O)c1c(C)nc(C)c2c(=O)n(-c3n[nH]c(-c4ccccc4)n3)ccc12. The van der Waals surface area contributed by atoms with Crippen LogP contribution in [0.4, 0.5) is 0 Å². The molecule has 0 spiro atoms. The number of carbonyl (C=O) groups is 1. The Hall–Kier alpha value is -3.81. The fraction of sp³-hybridized carbons (Fsp3) is 0.150. The predicted octanol–water partition coefficient (Wildman–Crippen LogP) is 2.57. The van der Waals surface area contributed by atoms with Crippen molar-refractivity contribution in [3.8, 4) is 17.3 Å².